The summed E-state index contributed by atoms with van der Waals surface area (Å²) in [6.07, 6.45) is 3.27. The first-order valence-electron chi connectivity index (χ1n) is 9.17. The number of nitrogens with one attached hydrogen (secondary N) is 1. The minimum atomic E-state index is -0.614. The monoisotopic (exact) mass is 408 g/mol. The average molecular weight is 408 g/mol. The van der Waals surface area contributed by atoms with Crippen molar-refractivity contribution in [1.29, 1.82) is 5.26 Å². The van der Waals surface area contributed by atoms with Crippen molar-refractivity contribution in [3.63, 3.8) is 0 Å². The van der Waals surface area contributed by atoms with Gasteiger partial charge in [0.05, 0.1) is 23.8 Å². The summed E-state index contributed by atoms with van der Waals surface area (Å²) in [7, 11) is 1.34. The number of aromatic nitrogens is 1. The van der Waals surface area contributed by atoms with Crippen molar-refractivity contribution in [2.45, 2.75) is 0 Å². The maximum absolute atomic E-state index is 12.6. The number of ether oxygens (including phenoxy) is 1. The summed E-state index contributed by atoms with van der Waals surface area (Å²) in [4.78, 5) is 31.3. The van der Waals surface area contributed by atoms with Gasteiger partial charge in [0, 0.05) is 44.6 Å². The van der Waals surface area contributed by atoms with Gasteiger partial charge in [-0.2, -0.15) is 5.26 Å². The highest BCUT2D eigenvalue weighted by Gasteiger charge is 2.19. The molecule has 10 nitrogen and oxygen atoms in total. The third kappa shape index (κ3) is 4.82. The molecule has 0 bridgehead atoms. The van der Waals surface area contributed by atoms with E-state index in [0.717, 1.165) is 5.82 Å². The fraction of sp³-hybridized carbons (Fsp3) is 0.250. The second kappa shape index (κ2) is 9.38. The number of amides is 1. The first-order chi connectivity index (χ1) is 14.5. The molecule has 0 aliphatic carbocycles. The molecule has 1 aliphatic heterocycles. The number of nitro benzene ring substituents is 1. The highest BCUT2D eigenvalue weighted by atomic mass is 16.6. The lowest BCUT2D eigenvalue weighted by Crippen LogP contribution is -2.44. The molecule has 1 aliphatic rings. The zero-order chi connectivity index (χ0) is 21.5. The van der Waals surface area contributed by atoms with E-state index in [9.17, 15) is 20.2 Å². The fourth-order valence-corrected chi connectivity index (χ4v) is 3.03. The number of nitrogens with zero attached hydrogens (tertiary/aromatic N) is 5. The lowest BCUT2D eigenvalue weighted by Gasteiger charge is -2.34. The molecule has 0 spiro atoms. The molecule has 154 valence electrons. The molecule has 10 heteroatoms. The summed E-state index contributed by atoms with van der Waals surface area (Å²) in [6, 6.07) is 11.5. The SMILES string of the molecule is COc1cc([N+](=O)[O-])ccc1NC(=O)/C(C#N)=C\N1CCN(c2ccccn2)CC1. The molecule has 30 heavy (non-hydrogen) atoms. The quantitative estimate of drug-likeness (QED) is 0.334. The van der Waals surface area contributed by atoms with Gasteiger partial charge in [0.15, 0.2) is 0 Å². The predicted octanol–water partition coefficient (Wildman–Crippen LogP) is 2.17. The van der Waals surface area contributed by atoms with E-state index in [0.29, 0.717) is 26.2 Å². The molecule has 2 heterocycles. The number of hydrogen-bond donors (Lipinski definition) is 1. The van der Waals surface area contributed by atoms with Crippen LogP contribution in [0.1, 0.15) is 0 Å². The number of methoxy groups -OCH3 is 1. The van der Waals surface area contributed by atoms with Crippen LogP contribution in [0.2, 0.25) is 0 Å². The number of benzene rings is 1. The number of nitriles is 1. The fourth-order valence-electron chi connectivity index (χ4n) is 3.03. The molecular formula is C20H20N6O4. The van der Waals surface area contributed by atoms with Crippen LogP contribution in [0.25, 0.3) is 0 Å². The molecular weight excluding hydrogens is 388 g/mol. The highest BCUT2D eigenvalue weighted by Crippen LogP contribution is 2.29. The summed E-state index contributed by atoms with van der Waals surface area (Å²) in [6.45, 7) is 2.69. The lowest BCUT2D eigenvalue weighted by molar-refractivity contribution is -0.384. The van der Waals surface area contributed by atoms with Gasteiger partial charge < -0.3 is 19.9 Å². The number of nitro groups is 1. The average Bonchev–Trinajstić information content (AvgIpc) is 2.78. The largest absolute Gasteiger partial charge is 0.494 e. The Balaban J connectivity index is 1.66. The van der Waals surface area contributed by atoms with Gasteiger partial charge >= 0.3 is 0 Å². The number of carbonyl (C=O) groups is 1. The van der Waals surface area contributed by atoms with Crippen molar-refractivity contribution in [2.75, 3.05) is 43.5 Å². The number of non-ortho nitro benzene ring substituents is 1. The van der Waals surface area contributed by atoms with Crippen LogP contribution < -0.4 is 15.0 Å². The molecule has 0 atom stereocenters. The van der Waals surface area contributed by atoms with Crippen molar-refractivity contribution in [1.82, 2.24) is 9.88 Å². The molecule has 0 saturated carbocycles. The molecule has 2 aromatic rings. The van der Waals surface area contributed by atoms with Crippen molar-refractivity contribution in [2.24, 2.45) is 0 Å². The second-order valence-electron chi connectivity index (χ2n) is 6.46. The van der Waals surface area contributed by atoms with Gasteiger partial charge in [0.25, 0.3) is 11.6 Å². The van der Waals surface area contributed by atoms with Crippen LogP contribution in [0.4, 0.5) is 17.2 Å². The summed E-state index contributed by atoms with van der Waals surface area (Å²) >= 11 is 0. The van der Waals surface area contributed by atoms with Crippen LogP contribution in [0, 0.1) is 21.4 Å². The lowest BCUT2D eigenvalue weighted by atomic mass is 10.2. The number of pyridine rings is 1. The Morgan fingerprint density at radius 1 is 1.30 bits per heavy atom. The Bertz CT molecular complexity index is 994. The number of anilines is 2. The van der Waals surface area contributed by atoms with Crippen molar-refractivity contribution in [3.05, 3.63) is 64.5 Å². The van der Waals surface area contributed by atoms with Gasteiger partial charge in [0.2, 0.25) is 0 Å². The topological polar surface area (TPSA) is 125 Å². The summed E-state index contributed by atoms with van der Waals surface area (Å²) in [5.74, 6) is 0.417. The van der Waals surface area contributed by atoms with Gasteiger partial charge in [0.1, 0.15) is 23.2 Å². The van der Waals surface area contributed by atoms with Crippen molar-refractivity contribution < 1.29 is 14.5 Å². The van der Waals surface area contributed by atoms with Crippen LogP contribution in [0.5, 0.6) is 5.75 Å². The van der Waals surface area contributed by atoms with Gasteiger partial charge in [-0.3, -0.25) is 14.9 Å². The Kier molecular flexibility index (Phi) is 6.44. The minimum absolute atomic E-state index is 0.0679. The number of rotatable bonds is 6. The summed E-state index contributed by atoms with van der Waals surface area (Å²) in [5.41, 5.74) is 0.0163. The van der Waals surface area contributed by atoms with Gasteiger partial charge in [-0.15, -0.1) is 0 Å². The van der Waals surface area contributed by atoms with Crippen LogP contribution >= 0.6 is 0 Å². The zero-order valence-corrected chi connectivity index (χ0v) is 16.3. The van der Waals surface area contributed by atoms with E-state index in [-0.39, 0.29) is 22.7 Å². The Morgan fingerprint density at radius 2 is 2.07 bits per heavy atom. The smallest absolute Gasteiger partial charge is 0.273 e. The minimum Gasteiger partial charge on any atom is -0.494 e. The Labute approximate surface area is 173 Å². The zero-order valence-electron chi connectivity index (χ0n) is 16.3. The van der Waals surface area contributed by atoms with E-state index in [1.807, 2.05) is 29.2 Å². The van der Waals surface area contributed by atoms with Gasteiger partial charge in [-0.05, 0) is 18.2 Å². The summed E-state index contributed by atoms with van der Waals surface area (Å²) < 4.78 is 5.11. The molecule has 1 amide bonds. The standard InChI is InChI=1S/C20H20N6O4/c1-30-18-12-16(26(28)29)5-6-17(18)23-20(27)15(13-21)14-24-8-10-25(11-9-24)19-4-2-3-7-22-19/h2-7,12,14H,8-11H2,1H3,(H,23,27)/b15-14-. The maximum atomic E-state index is 12.6. The predicted molar refractivity (Wildman–Crippen MR) is 110 cm³/mol. The molecule has 1 saturated heterocycles. The maximum Gasteiger partial charge on any atom is 0.273 e. The number of piperazine rings is 1. The molecule has 3 rings (SSSR count). The van der Waals surface area contributed by atoms with Gasteiger partial charge in [-0.25, -0.2) is 4.98 Å². The number of hydrogen-bond acceptors (Lipinski definition) is 8. The van der Waals surface area contributed by atoms with Crippen LogP contribution in [-0.2, 0) is 4.79 Å². The van der Waals surface area contributed by atoms with E-state index in [1.54, 1.807) is 6.20 Å². The Hall–Kier alpha value is -4.13. The van der Waals surface area contributed by atoms with E-state index in [1.165, 1.54) is 31.5 Å². The van der Waals surface area contributed by atoms with E-state index in [2.05, 4.69) is 15.2 Å². The van der Waals surface area contributed by atoms with Gasteiger partial charge in [-0.1, -0.05) is 6.07 Å². The van der Waals surface area contributed by atoms with Crippen molar-refractivity contribution in [3.8, 4) is 11.8 Å². The van der Waals surface area contributed by atoms with E-state index >= 15 is 0 Å². The summed E-state index contributed by atoms with van der Waals surface area (Å²) in [5, 5.41) is 22.9. The van der Waals surface area contributed by atoms with Crippen LogP contribution in [0.3, 0.4) is 0 Å². The normalized spacial score (nSPS) is 14.1. The van der Waals surface area contributed by atoms with E-state index < -0.39 is 10.8 Å². The third-order valence-electron chi connectivity index (χ3n) is 4.61. The molecule has 1 aromatic carbocycles. The molecule has 1 aromatic heterocycles. The first kappa shape index (κ1) is 20.6. The molecule has 1 N–H and O–H groups in total. The van der Waals surface area contributed by atoms with Crippen molar-refractivity contribution >= 4 is 23.1 Å². The number of carbonyl (C=O) groups excluding carboxylic acids is 1. The Morgan fingerprint density at radius 3 is 2.67 bits per heavy atom. The van der Waals surface area contributed by atoms with Crippen LogP contribution in [-0.4, -0.2) is 54.0 Å². The molecule has 0 radical (unpaired) electrons. The first-order valence-corrected chi connectivity index (χ1v) is 9.17. The second-order valence-corrected chi connectivity index (χ2v) is 6.46. The molecule has 1 fully saturated rings. The van der Waals surface area contributed by atoms with E-state index in [4.69, 9.17) is 4.74 Å². The highest BCUT2D eigenvalue weighted by molar-refractivity contribution is 6.07. The van der Waals surface area contributed by atoms with Crippen LogP contribution in [0.15, 0.2) is 54.4 Å². The third-order valence-corrected chi connectivity index (χ3v) is 4.61. The molecule has 0 unspecified atom stereocenters.